The third-order valence-corrected chi connectivity index (χ3v) is 6.28. The van der Waals surface area contributed by atoms with E-state index in [9.17, 15) is 4.79 Å². The van der Waals surface area contributed by atoms with Gasteiger partial charge in [-0.3, -0.25) is 4.79 Å². The average Bonchev–Trinajstić information content (AvgIpc) is 3.51. The van der Waals surface area contributed by atoms with E-state index in [1.165, 1.54) is 5.56 Å². The molecule has 2 aliphatic heterocycles. The number of nitrogens with zero attached hydrogens (tertiary/aromatic N) is 2. The summed E-state index contributed by atoms with van der Waals surface area (Å²) in [6.45, 7) is 3.17. The first-order valence-electron chi connectivity index (χ1n) is 11.0. The van der Waals surface area contributed by atoms with Gasteiger partial charge in [0.15, 0.2) is 0 Å². The van der Waals surface area contributed by atoms with Gasteiger partial charge >= 0.3 is 0 Å². The molecule has 1 fully saturated rings. The van der Waals surface area contributed by atoms with Gasteiger partial charge in [-0.05, 0) is 29.3 Å². The van der Waals surface area contributed by atoms with Crippen molar-refractivity contribution in [2.24, 2.45) is 0 Å². The lowest BCUT2D eigenvalue weighted by Crippen LogP contribution is -2.40. The molecule has 2 aliphatic rings. The maximum atomic E-state index is 12.9. The van der Waals surface area contributed by atoms with Crippen molar-refractivity contribution < 1.29 is 14.3 Å². The van der Waals surface area contributed by atoms with Gasteiger partial charge in [0.05, 0.1) is 19.8 Å². The number of aromatic amines is 1. The summed E-state index contributed by atoms with van der Waals surface area (Å²) in [4.78, 5) is 22.7. The van der Waals surface area contributed by atoms with Crippen molar-refractivity contribution in [1.82, 2.24) is 14.9 Å². The van der Waals surface area contributed by atoms with Crippen LogP contribution in [0.2, 0.25) is 0 Å². The van der Waals surface area contributed by atoms with Crippen molar-refractivity contribution in [1.29, 1.82) is 0 Å². The molecular formula is C26H23N3O3. The summed E-state index contributed by atoms with van der Waals surface area (Å²) >= 11 is 0. The molecule has 6 nitrogen and oxygen atoms in total. The van der Waals surface area contributed by atoms with Gasteiger partial charge < -0.3 is 19.4 Å². The van der Waals surface area contributed by atoms with E-state index in [0.717, 1.165) is 52.1 Å². The molecule has 4 aromatic rings. The number of pyridine rings is 1. The Balaban J connectivity index is 1.39. The smallest absolute Gasteiger partial charge is 0.254 e. The molecule has 0 saturated carbocycles. The Morgan fingerprint density at radius 2 is 1.84 bits per heavy atom. The second-order valence-electron chi connectivity index (χ2n) is 8.20. The molecule has 1 amide bonds. The van der Waals surface area contributed by atoms with Crippen LogP contribution < -0.4 is 4.74 Å². The Labute approximate surface area is 185 Å². The average molecular weight is 425 g/mol. The third-order valence-electron chi connectivity index (χ3n) is 6.28. The van der Waals surface area contributed by atoms with Crippen LogP contribution in [0.4, 0.5) is 0 Å². The van der Waals surface area contributed by atoms with Gasteiger partial charge in [0, 0.05) is 59.5 Å². The quantitative estimate of drug-likeness (QED) is 0.531. The zero-order valence-electron chi connectivity index (χ0n) is 17.6. The molecule has 1 N–H and O–H groups in total. The highest BCUT2D eigenvalue weighted by Crippen LogP contribution is 2.40. The minimum Gasteiger partial charge on any atom is -0.492 e. The van der Waals surface area contributed by atoms with Crippen LogP contribution in [0.15, 0.2) is 60.9 Å². The molecule has 0 atom stereocenters. The molecule has 6 rings (SSSR count). The van der Waals surface area contributed by atoms with Gasteiger partial charge in [-0.15, -0.1) is 0 Å². The Hall–Kier alpha value is -3.64. The predicted molar refractivity (Wildman–Crippen MR) is 123 cm³/mol. The van der Waals surface area contributed by atoms with Crippen LogP contribution in [0.5, 0.6) is 5.75 Å². The van der Waals surface area contributed by atoms with Gasteiger partial charge in [-0.25, -0.2) is 4.98 Å². The van der Waals surface area contributed by atoms with E-state index in [-0.39, 0.29) is 5.91 Å². The highest BCUT2D eigenvalue weighted by Gasteiger charge is 2.21. The van der Waals surface area contributed by atoms with E-state index in [1.54, 1.807) is 0 Å². The second-order valence-corrected chi connectivity index (χ2v) is 8.20. The molecule has 2 aromatic heterocycles. The Morgan fingerprint density at radius 3 is 2.75 bits per heavy atom. The van der Waals surface area contributed by atoms with Gasteiger partial charge in [-0.2, -0.15) is 0 Å². The first kappa shape index (κ1) is 19.1. The van der Waals surface area contributed by atoms with Gasteiger partial charge in [0.1, 0.15) is 11.4 Å². The van der Waals surface area contributed by atoms with Crippen LogP contribution in [0.3, 0.4) is 0 Å². The van der Waals surface area contributed by atoms with Crippen molar-refractivity contribution >= 4 is 16.9 Å². The summed E-state index contributed by atoms with van der Waals surface area (Å²) < 4.78 is 11.3. The maximum Gasteiger partial charge on any atom is 0.254 e. The summed E-state index contributed by atoms with van der Waals surface area (Å²) in [5, 5.41) is 1.04. The predicted octanol–water partition coefficient (Wildman–Crippen LogP) is 4.30. The van der Waals surface area contributed by atoms with E-state index in [1.807, 2.05) is 41.6 Å². The van der Waals surface area contributed by atoms with Crippen molar-refractivity contribution in [3.63, 3.8) is 0 Å². The van der Waals surface area contributed by atoms with Gasteiger partial charge in [0.2, 0.25) is 0 Å². The lowest BCUT2D eigenvalue weighted by molar-refractivity contribution is 0.0303. The zero-order valence-corrected chi connectivity index (χ0v) is 17.6. The molecule has 1 saturated heterocycles. The second kappa shape index (κ2) is 7.80. The van der Waals surface area contributed by atoms with Gasteiger partial charge in [-0.1, -0.05) is 30.3 Å². The fourth-order valence-electron chi connectivity index (χ4n) is 4.59. The standard InChI is InChI=1S/C26H23N3O3/c30-26(29-8-11-31-12-9-29)19-5-1-4-18(13-19)20-14-22-23(16-28-25(22)27-15-20)21-6-2-3-17-7-10-32-24(17)21/h1-6,13-16H,7-12H2,(H,27,28). The largest absolute Gasteiger partial charge is 0.492 e. The number of morpholine rings is 1. The molecule has 160 valence electrons. The normalized spacial score (nSPS) is 15.6. The van der Waals surface area contributed by atoms with Crippen LogP contribution in [0.25, 0.3) is 33.3 Å². The van der Waals surface area contributed by atoms with Crippen molar-refractivity contribution in [2.75, 3.05) is 32.9 Å². The Kier molecular flexibility index (Phi) is 4.65. The van der Waals surface area contributed by atoms with Crippen molar-refractivity contribution in [3.8, 4) is 28.0 Å². The number of aromatic nitrogens is 2. The summed E-state index contributed by atoms with van der Waals surface area (Å²) in [7, 11) is 0. The fraction of sp³-hybridized carbons (Fsp3) is 0.231. The molecule has 4 heterocycles. The lowest BCUT2D eigenvalue weighted by Gasteiger charge is -2.27. The highest BCUT2D eigenvalue weighted by molar-refractivity contribution is 5.99. The SMILES string of the molecule is O=C(c1cccc(-c2cnc3[nH]cc(-c4cccc5c4OCC5)c3c2)c1)N1CCOCC1. The Morgan fingerprint density at radius 1 is 0.969 bits per heavy atom. The number of fused-ring (bicyclic) bond motifs is 2. The molecule has 0 radical (unpaired) electrons. The monoisotopic (exact) mass is 425 g/mol. The van der Waals surface area contributed by atoms with E-state index in [2.05, 4.69) is 34.2 Å². The number of hydrogen-bond acceptors (Lipinski definition) is 4. The molecule has 32 heavy (non-hydrogen) atoms. The number of hydrogen-bond donors (Lipinski definition) is 1. The molecule has 0 unspecified atom stereocenters. The van der Waals surface area contributed by atoms with E-state index < -0.39 is 0 Å². The van der Waals surface area contributed by atoms with Crippen LogP contribution in [-0.2, 0) is 11.2 Å². The minimum atomic E-state index is 0.0449. The molecule has 6 heteroatoms. The van der Waals surface area contributed by atoms with E-state index in [0.29, 0.717) is 31.9 Å². The number of para-hydroxylation sites is 1. The van der Waals surface area contributed by atoms with Gasteiger partial charge in [0.25, 0.3) is 5.91 Å². The first-order chi connectivity index (χ1) is 15.8. The topological polar surface area (TPSA) is 67.5 Å². The molecule has 0 aliphatic carbocycles. The number of carbonyl (C=O) groups excluding carboxylic acids is 1. The minimum absolute atomic E-state index is 0.0449. The highest BCUT2D eigenvalue weighted by atomic mass is 16.5. The van der Waals surface area contributed by atoms with Crippen LogP contribution in [-0.4, -0.2) is 53.7 Å². The number of H-pyrrole nitrogens is 1. The number of amides is 1. The first-order valence-corrected chi connectivity index (χ1v) is 11.0. The van der Waals surface area contributed by atoms with Crippen molar-refractivity contribution in [3.05, 3.63) is 72.1 Å². The van der Waals surface area contributed by atoms with Crippen molar-refractivity contribution in [2.45, 2.75) is 6.42 Å². The lowest BCUT2D eigenvalue weighted by atomic mass is 9.99. The number of carbonyl (C=O) groups is 1. The molecule has 2 aromatic carbocycles. The Bertz CT molecular complexity index is 1320. The van der Waals surface area contributed by atoms with Crippen LogP contribution in [0.1, 0.15) is 15.9 Å². The van der Waals surface area contributed by atoms with Crippen LogP contribution >= 0.6 is 0 Å². The van der Waals surface area contributed by atoms with E-state index in [4.69, 9.17) is 9.47 Å². The number of benzene rings is 2. The fourth-order valence-corrected chi connectivity index (χ4v) is 4.59. The summed E-state index contributed by atoms with van der Waals surface area (Å²) in [6, 6.07) is 16.2. The summed E-state index contributed by atoms with van der Waals surface area (Å²) in [5.41, 5.74) is 6.88. The molecule has 0 bridgehead atoms. The summed E-state index contributed by atoms with van der Waals surface area (Å²) in [6.07, 6.45) is 4.79. The number of ether oxygens (including phenoxy) is 2. The molecular weight excluding hydrogens is 402 g/mol. The van der Waals surface area contributed by atoms with E-state index >= 15 is 0 Å². The number of rotatable bonds is 3. The molecule has 0 spiro atoms. The third kappa shape index (κ3) is 3.24. The summed E-state index contributed by atoms with van der Waals surface area (Å²) in [5.74, 6) is 1.01. The number of nitrogens with one attached hydrogen (secondary N) is 1. The maximum absolute atomic E-state index is 12.9. The zero-order chi connectivity index (χ0) is 21.5. The van der Waals surface area contributed by atoms with Crippen LogP contribution in [0, 0.1) is 0 Å².